The van der Waals surface area contributed by atoms with Gasteiger partial charge in [-0.05, 0) is 32.4 Å². The number of carbonyl (C=O) groups is 3. The molecule has 0 fully saturated rings. The first-order chi connectivity index (χ1) is 12.8. The summed E-state index contributed by atoms with van der Waals surface area (Å²) in [4.78, 5) is 39.9. The maximum absolute atomic E-state index is 12.7. The van der Waals surface area contributed by atoms with E-state index in [2.05, 4.69) is 15.2 Å². The minimum atomic E-state index is -1.06. The maximum Gasteiger partial charge on any atom is 0.360 e. The van der Waals surface area contributed by atoms with E-state index < -0.39 is 23.8 Å². The number of fused-ring (bicyclic) bond motifs is 1. The number of Topliss-reactive ketones (excluding diaryl/α,β-unsaturated/α-hetero) is 1. The van der Waals surface area contributed by atoms with Crippen molar-refractivity contribution in [3.8, 4) is 0 Å². The molecule has 0 saturated heterocycles. The molecular formula is C19H19N3O5. The number of hydrogen-bond acceptors (Lipinski definition) is 6. The van der Waals surface area contributed by atoms with Gasteiger partial charge >= 0.3 is 11.9 Å². The van der Waals surface area contributed by atoms with E-state index in [1.54, 1.807) is 32.0 Å². The number of esters is 2. The SMILES string of the molecule is COC(=O)c1c(C)[nH]c(C(=O)C(C)OC(=O)c2n[nH]c3ccccc23)c1C. The standard InChI is InChI=1S/C19H19N3O5/c1-9-14(18(24)26-4)10(2)20-15(9)17(23)11(3)27-19(25)16-12-7-5-6-8-13(12)21-22-16/h5-8,11,20H,1-4H3,(H,21,22). The van der Waals surface area contributed by atoms with Crippen molar-refractivity contribution in [2.24, 2.45) is 0 Å². The van der Waals surface area contributed by atoms with Crippen LogP contribution in [0.25, 0.3) is 10.9 Å². The molecule has 2 heterocycles. The number of nitrogens with one attached hydrogen (secondary N) is 2. The van der Waals surface area contributed by atoms with E-state index in [-0.39, 0.29) is 11.4 Å². The van der Waals surface area contributed by atoms with Crippen LogP contribution in [0.1, 0.15) is 49.5 Å². The Morgan fingerprint density at radius 3 is 2.52 bits per heavy atom. The second kappa shape index (κ2) is 7.06. The van der Waals surface area contributed by atoms with Gasteiger partial charge in [0.25, 0.3) is 0 Å². The van der Waals surface area contributed by atoms with Crippen LogP contribution in [0, 0.1) is 13.8 Å². The van der Waals surface area contributed by atoms with E-state index in [9.17, 15) is 14.4 Å². The molecule has 1 atom stereocenters. The predicted molar refractivity (Wildman–Crippen MR) is 96.9 cm³/mol. The summed E-state index contributed by atoms with van der Waals surface area (Å²) in [6.07, 6.45) is -1.06. The monoisotopic (exact) mass is 369 g/mol. The molecule has 0 radical (unpaired) electrons. The van der Waals surface area contributed by atoms with Crippen LogP contribution in [0.4, 0.5) is 0 Å². The highest BCUT2D eigenvalue weighted by Crippen LogP contribution is 2.22. The summed E-state index contributed by atoms with van der Waals surface area (Å²) in [5.41, 5.74) is 2.29. The number of benzene rings is 1. The lowest BCUT2D eigenvalue weighted by molar-refractivity contribution is 0.0313. The van der Waals surface area contributed by atoms with Gasteiger partial charge in [-0.3, -0.25) is 9.89 Å². The topological polar surface area (TPSA) is 114 Å². The van der Waals surface area contributed by atoms with Gasteiger partial charge in [0.15, 0.2) is 11.8 Å². The molecule has 0 aliphatic rings. The molecule has 3 aromatic rings. The fourth-order valence-electron chi connectivity index (χ4n) is 3.00. The summed E-state index contributed by atoms with van der Waals surface area (Å²) in [7, 11) is 1.27. The molecule has 2 aromatic heterocycles. The van der Waals surface area contributed by atoms with E-state index in [0.29, 0.717) is 27.7 Å². The number of hydrogen-bond donors (Lipinski definition) is 2. The summed E-state index contributed by atoms with van der Waals surface area (Å²) in [6.45, 7) is 4.78. The lowest BCUT2D eigenvalue weighted by atomic mass is 10.1. The molecule has 3 rings (SSSR count). The fraction of sp³-hybridized carbons (Fsp3) is 0.263. The van der Waals surface area contributed by atoms with Gasteiger partial charge in [0.1, 0.15) is 0 Å². The zero-order valence-corrected chi connectivity index (χ0v) is 15.4. The lowest BCUT2D eigenvalue weighted by Crippen LogP contribution is -2.25. The Bertz CT molecular complexity index is 1050. The largest absolute Gasteiger partial charge is 0.465 e. The van der Waals surface area contributed by atoms with Gasteiger partial charge in [-0.25, -0.2) is 9.59 Å². The average Bonchev–Trinajstić information content (AvgIpc) is 3.21. The molecule has 8 nitrogen and oxygen atoms in total. The van der Waals surface area contributed by atoms with Crippen molar-refractivity contribution in [1.82, 2.24) is 15.2 Å². The smallest absolute Gasteiger partial charge is 0.360 e. The van der Waals surface area contributed by atoms with Crippen LogP contribution < -0.4 is 0 Å². The molecule has 0 bridgehead atoms. The second-order valence-corrected chi connectivity index (χ2v) is 6.15. The first kappa shape index (κ1) is 18.4. The zero-order chi connectivity index (χ0) is 19.7. The molecular weight excluding hydrogens is 350 g/mol. The Labute approximate surface area is 154 Å². The molecule has 8 heteroatoms. The Morgan fingerprint density at radius 2 is 1.81 bits per heavy atom. The maximum atomic E-state index is 12.7. The van der Waals surface area contributed by atoms with Crippen LogP contribution in [0.5, 0.6) is 0 Å². The summed E-state index contributed by atoms with van der Waals surface area (Å²) in [6, 6.07) is 7.12. The number of rotatable bonds is 5. The minimum absolute atomic E-state index is 0.111. The Balaban J connectivity index is 1.82. The Hall–Kier alpha value is -3.42. The first-order valence-electron chi connectivity index (χ1n) is 8.31. The number of aryl methyl sites for hydroxylation is 1. The van der Waals surface area contributed by atoms with Gasteiger partial charge in [0, 0.05) is 11.1 Å². The van der Waals surface area contributed by atoms with Crippen LogP contribution in [0.3, 0.4) is 0 Å². The highest BCUT2D eigenvalue weighted by Gasteiger charge is 2.28. The molecule has 0 amide bonds. The highest BCUT2D eigenvalue weighted by molar-refractivity contribution is 6.06. The summed E-state index contributed by atoms with van der Waals surface area (Å²) in [5.74, 6) is -1.69. The molecule has 0 aliphatic heterocycles. The summed E-state index contributed by atoms with van der Waals surface area (Å²) >= 11 is 0. The zero-order valence-electron chi connectivity index (χ0n) is 15.4. The number of methoxy groups -OCH3 is 1. The number of nitrogens with zero attached hydrogens (tertiary/aromatic N) is 1. The van der Waals surface area contributed by atoms with Crippen LogP contribution in [0.2, 0.25) is 0 Å². The van der Waals surface area contributed by atoms with E-state index in [1.807, 2.05) is 6.07 Å². The van der Waals surface area contributed by atoms with E-state index >= 15 is 0 Å². The number of ether oxygens (including phenoxy) is 2. The number of aromatic amines is 2. The second-order valence-electron chi connectivity index (χ2n) is 6.15. The van der Waals surface area contributed by atoms with Gasteiger partial charge in [0.2, 0.25) is 5.78 Å². The number of aromatic nitrogens is 3. The van der Waals surface area contributed by atoms with Crippen molar-refractivity contribution in [3.05, 3.63) is 52.5 Å². The molecule has 0 aliphatic carbocycles. The van der Waals surface area contributed by atoms with Crippen molar-refractivity contribution < 1.29 is 23.9 Å². The summed E-state index contributed by atoms with van der Waals surface area (Å²) in [5, 5.41) is 7.33. The highest BCUT2D eigenvalue weighted by atomic mass is 16.5. The normalized spacial score (nSPS) is 12.0. The minimum Gasteiger partial charge on any atom is -0.465 e. The molecule has 1 aromatic carbocycles. The quantitative estimate of drug-likeness (QED) is 0.528. The van der Waals surface area contributed by atoms with E-state index in [0.717, 1.165) is 0 Å². The van der Waals surface area contributed by atoms with Gasteiger partial charge in [-0.2, -0.15) is 5.10 Å². The lowest BCUT2D eigenvalue weighted by Gasteiger charge is -2.11. The van der Waals surface area contributed by atoms with Crippen molar-refractivity contribution >= 4 is 28.6 Å². The van der Waals surface area contributed by atoms with Gasteiger partial charge in [0.05, 0.1) is 23.9 Å². The van der Waals surface area contributed by atoms with Gasteiger partial charge in [-0.1, -0.05) is 18.2 Å². The third kappa shape index (κ3) is 3.21. The Kier molecular flexibility index (Phi) is 4.81. The van der Waals surface area contributed by atoms with Crippen LogP contribution in [-0.4, -0.2) is 46.1 Å². The molecule has 0 spiro atoms. The number of ketones is 1. The molecule has 1 unspecified atom stereocenters. The molecule has 2 N–H and O–H groups in total. The first-order valence-corrected chi connectivity index (χ1v) is 8.31. The number of H-pyrrole nitrogens is 2. The third-order valence-electron chi connectivity index (χ3n) is 4.39. The van der Waals surface area contributed by atoms with Crippen molar-refractivity contribution in [2.45, 2.75) is 26.9 Å². The predicted octanol–water partition coefficient (Wildman–Crippen LogP) is 2.72. The molecule has 27 heavy (non-hydrogen) atoms. The average molecular weight is 369 g/mol. The van der Waals surface area contributed by atoms with Crippen LogP contribution in [0.15, 0.2) is 24.3 Å². The van der Waals surface area contributed by atoms with Crippen molar-refractivity contribution in [1.29, 1.82) is 0 Å². The number of para-hydroxylation sites is 1. The van der Waals surface area contributed by atoms with Crippen molar-refractivity contribution in [2.75, 3.05) is 7.11 Å². The van der Waals surface area contributed by atoms with Gasteiger partial charge < -0.3 is 14.5 Å². The number of carbonyl (C=O) groups excluding carboxylic acids is 3. The Morgan fingerprint density at radius 1 is 1.11 bits per heavy atom. The fourth-order valence-corrected chi connectivity index (χ4v) is 3.00. The van der Waals surface area contributed by atoms with E-state index in [4.69, 9.17) is 9.47 Å². The third-order valence-corrected chi connectivity index (χ3v) is 4.39. The van der Waals surface area contributed by atoms with E-state index in [1.165, 1.54) is 14.0 Å². The van der Waals surface area contributed by atoms with Gasteiger partial charge in [-0.15, -0.1) is 0 Å². The van der Waals surface area contributed by atoms with Crippen LogP contribution in [-0.2, 0) is 9.47 Å². The molecule has 140 valence electrons. The van der Waals surface area contributed by atoms with Crippen LogP contribution >= 0.6 is 0 Å². The molecule has 0 saturated carbocycles. The van der Waals surface area contributed by atoms with Crippen molar-refractivity contribution in [3.63, 3.8) is 0 Å². The summed E-state index contributed by atoms with van der Waals surface area (Å²) < 4.78 is 10.0.